The van der Waals surface area contributed by atoms with Gasteiger partial charge in [0, 0.05) is 13.0 Å². The van der Waals surface area contributed by atoms with E-state index in [0.29, 0.717) is 13.0 Å². The predicted octanol–water partition coefficient (Wildman–Crippen LogP) is 1.74. The van der Waals surface area contributed by atoms with Crippen LogP contribution in [-0.2, 0) is 9.59 Å². The van der Waals surface area contributed by atoms with Crippen LogP contribution in [0.3, 0.4) is 0 Å². The molecule has 2 saturated heterocycles. The first-order valence-corrected chi connectivity index (χ1v) is 8.72. The Balaban J connectivity index is 1.59. The number of amides is 4. The molecule has 2 fully saturated rings. The monoisotopic (exact) mass is 345 g/mol. The zero-order valence-corrected chi connectivity index (χ0v) is 14.3. The van der Waals surface area contributed by atoms with E-state index in [-0.39, 0.29) is 24.3 Å². The van der Waals surface area contributed by atoms with E-state index in [1.807, 2.05) is 36.1 Å². The predicted molar refractivity (Wildman–Crippen MR) is 91.0 cm³/mol. The van der Waals surface area contributed by atoms with Gasteiger partial charge in [0.05, 0.1) is 12.6 Å². The van der Waals surface area contributed by atoms with Crippen molar-refractivity contribution >= 4 is 17.8 Å². The molecule has 134 valence electrons. The second-order valence-electron chi connectivity index (χ2n) is 6.30. The Morgan fingerprint density at radius 3 is 2.68 bits per heavy atom. The number of nitrogens with one attached hydrogen (secondary N) is 2. The Kier molecular flexibility index (Phi) is 5.21. The summed E-state index contributed by atoms with van der Waals surface area (Å²) in [6.45, 7) is 3.29. The number of imide groups is 1. The maximum absolute atomic E-state index is 12.6. The van der Waals surface area contributed by atoms with Gasteiger partial charge in [-0.15, -0.1) is 0 Å². The SMILES string of the molecule is CCOc1ccc([C@@H]2CCCN2C(=O)CC[C@H]2NC(=O)NC2=O)cc1. The van der Waals surface area contributed by atoms with Crippen LogP contribution in [-0.4, -0.2) is 41.9 Å². The van der Waals surface area contributed by atoms with Gasteiger partial charge in [-0.1, -0.05) is 12.1 Å². The molecule has 0 saturated carbocycles. The van der Waals surface area contributed by atoms with Crippen LogP contribution in [0.5, 0.6) is 5.75 Å². The first kappa shape index (κ1) is 17.3. The fourth-order valence-electron chi connectivity index (χ4n) is 3.44. The van der Waals surface area contributed by atoms with Crippen LogP contribution in [0.2, 0.25) is 0 Å². The summed E-state index contributed by atoms with van der Waals surface area (Å²) in [7, 11) is 0. The van der Waals surface area contributed by atoms with Crippen molar-refractivity contribution in [2.75, 3.05) is 13.2 Å². The highest BCUT2D eigenvalue weighted by atomic mass is 16.5. The number of benzene rings is 1. The fourth-order valence-corrected chi connectivity index (χ4v) is 3.44. The van der Waals surface area contributed by atoms with E-state index in [2.05, 4.69) is 10.6 Å². The number of hydrogen-bond acceptors (Lipinski definition) is 4. The van der Waals surface area contributed by atoms with E-state index in [0.717, 1.165) is 30.7 Å². The third-order valence-corrected chi connectivity index (χ3v) is 4.65. The topological polar surface area (TPSA) is 87.7 Å². The second-order valence-corrected chi connectivity index (χ2v) is 6.30. The van der Waals surface area contributed by atoms with E-state index in [1.54, 1.807) is 0 Å². The molecule has 2 atom stereocenters. The average Bonchev–Trinajstić information content (AvgIpc) is 3.20. The van der Waals surface area contributed by atoms with Crippen LogP contribution in [0.15, 0.2) is 24.3 Å². The van der Waals surface area contributed by atoms with Crippen LogP contribution in [0.25, 0.3) is 0 Å². The minimum Gasteiger partial charge on any atom is -0.494 e. The first-order valence-electron chi connectivity index (χ1n) is 8.72. The summed E-state index contributed by atoms with van der Waals surface area (Å²) in [4.78, 5) is 37.2. The molecule has 2 N–H and O–H groups in total. The minimum atomic E-state index is -0.608. The standard InChI is InChI=1S/C18H23N3O4/c1-2-25-13-7-5-12(6-8-13)15-4-3-11-21(15)16(22)10-9-14-17(23)20-18(24)19-14/h5-8,14-15H,2-4,9-11H2,1H3,(H2,19,20,23,24)/t14-,15+/m1/s1. The third kappa shape index (κ3) is 3.92. The number of likely N-dealkylation sites (tertiary alicyclic amines) is 1. The van der Waals surface area contributed by atoms with Gasteiger partial charge in [0.1, 0.15) is 11.8 Å². The van der Waals surface area contributed by atoms with Gasteiger partial charge in [0.2, 0.25) is 5.91 Å². The van der Waals surface area contributed by atoms with E-state index in [9.17, 15) is 14.4 Å². The van der Waals surface area contributed by atoms with Crippen molar-refractivity contribution in [3.8, 4) is 5.75 Å². The van der Waals surface area contributed by atoms with Crippen molar-refractivity contribution in [2.45, 2.75) is 44.7 Å². The Labute approximate surface area is 146 Å². The van der Waals surface area contributed by atoms with Gasteiger partial charge in [0.25, 0.3) is 5.91 Å². The van der Waals surface area contributed by atoms with Crippen molar-refractivity contribution in [2.24, 2.45) is 0 Å². The van der Waals surface area contributed by atoms with Gasteiger partial charge < -0.3 is 15.0 Å². The highest BCUT2D eigenvalue weighted by Crippen LogP contribution is 2.33. The van der Waals surface area contributed by atoms with Gasteiger partial charge in [-0.3, -0.25) is 14.9 Å². The lowest BCUT2D eigenvalue weighted by atomic mass is 10.0. The van der Waals surface area contributed by atoms with E-state index in [4.69, 9.17) is 4.74 Å². The summed E-state index contributed by atoms with van der Waals surface area (Å²) in [6.07, 6.45) is 2.46. The maximum atomic E-state index is 12.6. The summed E-state index contributed by atoms with van der Waals surface area (Å²) in [6, 6.07) is 6.84. The molecule has 2 aliphatic rings. The van der Waals surface area contributed by atoms with Gasteiger partial charge in [-0.2, -0.15) is 0 Å². The highest BCUT2D eigenvalue weighted by molar-refractivity contribution is 6.04. The molecule has 1 aromatic rings. The van der Waals surface area contributed by atoms with Crippen LogP contribution in [0.4, 0.5) is 4.79 Å². The Bertz CT molecular complexity index is 659. The van der Waals surface area contributed by atoms with Crippen LogP contribution in [0.1, 0.15) is 44.2 Å². The molecule has 2 heterocycles. The summed E-state index contributed by atoms with van der Waals surface area (Å²) in [5.74, 6) is 0.484. The lowest BCUT2D eigenvalue weighted by Crippen LogP contribution is -2.34. The fraction of sp³-hybridized carbons (Fsp3) is 0.500. The molecule has 7 heteroatoms. The molecular weight excluding hydrogens is 322 g/mol. The molecule has 1 aromatic carbocycles. The van der Waals surface area contributed by atoms with E-state index < -0.39 is 12.1 Å². The normalized spacial score (nSPS) is 22.7. The molecule has 0 radical (unpaired) electrons. The smallest absolute Gasteiger partial charge is 0.322 e. The van der Waals surface area contributed by atoms with Crippen molar-refractivity contribution in [1.29, 1.82) is 0 Å². The molecule has 7 nitrogen and oxygen atoms in total. The largest absolute Gasteiger partial charge is 0.494 e. The number of hydrogen-bond donors (Lipinski definition) is 2. The molecule has 0 unspecified atom stereocenters. The zero-order valence-electron chi connectivity index (χ0n) is 14.3. The van der Waals surface area contributed by atoms with Crippen LogP contribution >= 0.6 is 0 Å². The Morgan fingerprint density at radius 1 is 1.28 bits per heavy atom. The van der Waals surface area contributed by atoms with Gasteiger partial charge >= 0.3 is 6.03 Å². The number of carbonyl (C=O) groups excluding carboxylic acids is 3. The number of rotatable bonds is 6. The molecule has 0 spiro atoms. The second kappa shape index (κ2) is 7.55. The summed E-state index contributed by atoms with van der Waals surface area (Å²) in [5, 5.41) is 4.71. The molecular formula is C18H23N3O4. The number of nitrogens with zero attached hydrogens (tertiary/aromatic N) is 1. The number of ether oxygens (including phenoxy) is 1. The van der Waals surface area contributed by atoms with Crippen LogP contribution in [0, 0.1) is 0 Å². The maximum Gasteiger partial charge on any atom is 0.322 e. The van der Waals surface area contributed by atoms with Crippen molar-refractivity contribution in [1.82, 2.24) is 15.5 Å². The molecule has 25 heavy (non-hydrogen) atoms. The lowest BCUT2D eigenvalue weighted by Gasteiger charge is -2.25. The average molecular weight is 345 g/mol. The van der Waals surface area contributed by atoms with E-state index in [1.165, 1.54) is 0 Å². The third-order valence-electron chi connectivity index (χ3n) is 4.65. The quantitative estimate of drug-likeness (QED) is 0.769. The molecule has 3 rings (SSSR count). The summed E-state index contributed by atoms with van der Waals surface area (Å²) >= 11 is 0. The van der Waals surface area contributed by atoms with Gasteiger partial charge in [0.15, 0.2) is 0 Å². The molecule has 4 amide bonds. The zero-order chi connectivity index (χ0) is 17.8. The molecule has 2 aliphatic heterocycles. The van der Waals surface area contributed by atoms with Crippen molar-refractivity contribution in [3.05, 3.63) is 29.8 Å². The molecule has 0 aliphatic carbocycles. The highest BCUT2D eigenvalue weighted by Gasteiger charge is 2.33. The van der Waals surface area contributed by atoms with Crippen molar-refractivity contribution in [3.63, 3.8) is 0 Å². The van der Waals surface area contributed by atoms with E-state index >= 15 is 0 Å². The number of urea groups is 1. The van der Waals surface area contributed by atoms with Crippen LogP contribution < -0.4 is 15.4 Å². The molecule has 0 aromatic heterocycles. The molecule has 0 bridgehead atoms. The lowest BCUT2D eigenvalue weighted by molar-refractivity contribution is -0.132. The number of carbonyl (C=O) groups is 3. The van der Waals surface area contributed by atoms with Gasteiger partial charge in [-0.05, 0) is 43.9 Å². The Hall–Kier alpha value is -2.57. The summed E-state index contributed by atoms with van der Waals surface area (Å²) < 4.78 is 5.46. The van der Waals surface area contributed by atoms with Gasteiger partial charge in [-0.25, -0.2) is 4.79 Å². The first-order chi connectivity index (χ1) is 12.1. The minimum absolute atomic E-state index is 0.0188. The Morgan fingerprint density at radius 2 is 2.04 bits per heavy atom. The van der Waals surface area contributed by atoms with Crippen molar-refractivity contribution < 1.29 is 19.1 Å². The summed E-state index contributed by atoms with van der Waals surface area (Å²) in [5.41, 5.74) is 1.10.